The first-order chi connectivity index (χ1) is 8.78. The topological polar surface area (TPSA) is 41.9 Å². The van der Waals surface area contributed by atoms with Gasteiger partial charge in [0.05, 0.1) is 20.8 Å². The number of hydrogen-bond acceptors (Lipinski definition) is 4. The van der Waals surface area contributed by atoms with Crippen LogP contribution >= 0.6 is 0 Å². The first kappa shape index (κ1) is 13.2. The lowest BCUT2D eigenvalue weighted by atomic mass is 10.1. The molecule has 1 fully saturated rings. The van der Waals surface area contributed by atoms with Crippen molar-refractivity contribution in [3.63, 3.8) is 0 Å². The highest BCUT2D eigenvalue weighted by molar-refractivity contribution is 5.40. The molecule has 4 heteroatoms. The number of aliphatic hydroxyl groups excluding tert-OH is 1. The van der Waals surface area contributed by atoms with Crippen LogP contribution in [0.5, 0.6) is 11.5 Å². The van der Waals surface area contributed by atoms with Gasteiger partial charge in [-0.2, -0.15) is 0 Å². The molecular formula is C14H21NO3. The van der Waals surface area contributed by atoms with Crippen LogP contribution in [0.1, 0.15) is 18.4 Å². The van der Waals surface area contributed by atoms with Crippen LogP contribution in [-0.4, -0.2) is 43.4 Å². The van der Waals surface area contributed by atoms with Crippen molar-refractivity contribution < 1.29 is 14.6 Å². The van der Waals surface area contributed by atoms with Crippen molar-refractivity contribution in [2.24, 2.45) is 0 Å². The predicted molar refractivity (Wildman–Crippen MR) is 70.1 cm³/mol. The number of benzene rings is 1. The van der Waals surface area contributed by atoms with Crippen LogP contribution in [0.2, 0.25) is 0 Å². The third kappa shape index (κ3) is 2.76. The van der Waals surface area contributed by atoms with E-state index in [4.69, 9.17) is 9.47 Å². The van der Waals surface area contributed by atoms with E-state index in [0.29, 0.717) is 0 Å². The van der Waals surface area contributed by atoms with Gasteiger partial charge in [0.15, 0.2) is 0 Å². The molecule has 2 rings (SSSR count). The average Bonchev–Trinajstić information content (AvgIpc) is 2.86. The highest BCUT2D eigenvalue weighted by Crippen LogP contribution is 2.28. The van der Waals surface area contributed by atoms with E-state index in [1.165, 1.54) is 0 Å². The Morgan fingerprint density at radius 1 is 1.33 bits per heavy atom. The van der Waals surface area contributed by atoms with E-state index in [2.05, 4.69) is 4.90 Å². The van der Waals surface area contributed by atoms with Gasteiger partial charge in [0.2, 0.25) is 0 Å². The quantitative estimate of drug-likeness (QED) is 0.864. The van der Waals surface area contributed by atoms with Crippen molar-refractivity contribution in [2.75, 3.05) is 27.4 Å². The van der Waals surface area contributed by atoms with E-state index in [1.807, 2.05) is 18.2 Å². The lowest BCUT2D eigenvalue weighted by molar-refractivity contribution is 0.152. The second-order valence-corrected chi connectivity index (χ2v) is 4.63. The van der Waals surface area contributed by atoms with E-state index in [0.717, 1.165) is 43.0 Å². The van der Waals surface area contributed by atoms with Crippen molar-refractivity contribution in [3.05, 3.63) is 23.8 Å². The summed E-state index contributed by atoms with van der Waals surface area (Å²) in [4.78, 5) is 2.30. The maximum absolute atomic E-state index is 9.34. The maximum atomic E-state index is 9.34. The van der Waals surface area contributed by atoms with E-state index in [9.17, 15) is 5.11 Å². The summed E-state index contributed by atoms with van der Waals surface area (Å²) in [7, 11) is 3.34. The summed E-state index contributed by atoms with van der Waals surface area (Å²) in [6.07, 6.45) is 2.22. The summed E-state index contributed by atoms with van der Waals surface area (Å²) >= 11 is 0. The molecule has 1 heterocycles. The van der Waals surface area contributed by atoms with Crippen molar-refractivity contribution in [1.29, 1.82) is 0 Å². The van der Waals surface area contributed by atoms with Gasteiger partial charge in [-0.05, 0) is 37.6 Å². The summed E-state index contributed by atoms with van der Waals surface area (Å²) < 4.78 is 10.6. The minimum atomic E-state index is 0.228. The molecule has 100 valence electrons. The van der Waals surface area contributed by atoms with Crippen molar-refractivity contribution in [1.82, 2.24) is 4.90 Å². The number of methoxy groups -OCH3 is 2. The molecule has 0 aliphatic carbocycles. The molecule has 0 radical (unpaired) electrons. The van der Waals surface area contributed by atoms with Gasteiger partial charge in [-0.15, -0.1) is 0 Å². The molecule has 1 aliphatic rings. The fourth-order valence-electron chi connectivity index (χ4n) is 2.53. The van der Waals surface area contributed by atoms with Gasteiger partial charge >= 0.3 is 0 Å². The van der Waals surface area contributed by atoms with Crippen molar-refractivity contribution in [2.45, 2.75) is 25.4 Å². The van der Waals surface area contributed by atoms with Gasteiger partial charge < -0.3 is 14.6 Å². The molecule has 0 spiro atoms. The monoisotopic (exact) mass is 251 g/mol. The third-order valence-corrected chi connectivity index (χ3v) is 3.57. The highest BCUT2D eigenvalue weighted by atomic mass is 16.5. The minimum absolute atomic E-state index is 0.228. The average molecular weight is 251 g/mol. The summed E-state index contributed by atoms with van der Waals surface area (Å²) in [5, 5.41) is 9.34. The molecule has 18 heavy (non-hydrogen) atoms. The molecule has 0 aromatic heterocycles. The maximum Gasteiger partial charge on any atom is 0.123 e. The van der Waals surface area contributed by atoms with Gasteiger partial charge in [0, 0.05) is 18.2 Å². The molecule has 0 amide bonds. The number of likely N-dealkylation sites (tertiary alicyclic amines) is 1. The zero-order valence-electron chi connectivity index (χ0n) is 11.1. The summed E-state index contributed by atoms with van der Waals surface area (Å²) in [5.41, 5.74) is 1.11. The molecule has 0 saturated carbocycles. The molecule has 1 aromatic carbocycles. The van der Waals surface area contributed by atoms with Crippen molar-refractivity contribution >= 4 is 0 Å². The molecule has 1 atom stereocenters. The Morgan fingerprint density at radius 3 is 2.83 bits per heavy atom. The standard InChI is InChI=1S/C14H21NO3/c1-17-13-5-6-14(18-2)11(8-13)9-15-7-3-4-12(15)10-16/h5-6,8,12,16H,3-4,7,9-10H2,1-2H3/t12-/m1/s1. The van der Waals surface area contributed by atoms with Crippen LogP contribution in [0.15, 0.2) is 18.2 Å². The molecule has 1 aliphatic heterocycles. The Balaban J connectivity index is 2.16. The van der Waals surface area contributed by atoms with E-state index in [-0.39, 0.29) is 12.6 Å². The van der Waals surface area contributed by atoms with Crippen LogP contribution in [0.4, 0.5) is 0 Å². The lowest BCUT2D eigenvalue weighted by Crippen LogP contribution is -2.31. The number of hydrogen-bond donors (Lipinski definition) is 1. The van der Waals surface area contributed by atoms with Gasteiger partial charge in [-0.3, -0.25) is 4.90 Å². The Labute approximate surface area is 108 Å². The summed E-state index contributed by atoms with van der Waals surface area (Å²) in [6, 6.07) is 6.11. The Hall–Kier alpha value is -1.26. The van der Waals surface area contributed by atoms with Gasteiger partial charge in [0.1, 0.15) is 11.5 Å². The van der Waals surface area contributed by atoms with Gasteiger partial charge in [-0.1, -0.05) is 0 Å². The first-order valence-corrected chi connectivity index (χ1v) is 6.34. The first-order valence-electron chi connectivity index (χ1n) is 6.34. The largest absolute Gasteiger partial charge is 0.497 e. The fraction of sp³-hybridized carbons (Fsp3) is 0.571. The van der Waals surface area contributed by atoms with E-state index >= 15 is 0 Å². The fourth-order valence-corrected chi connectivity index (χ4v) is 2.53. The van der Waals surface area contributed by atoms with Crippen LogP contribution < -0.4 is 9.47 Å². The number of rotatable bonds is 5. The van der Waals surface area contributed by atoms with Crippen LogP contribution in [-0.2, 0) is 6.54 Å². The van der Waals surface area contributed by atoms with E-state index in [1.54, 1.807) is 14.2 Å². The lowest BCUT2D eigenvalue weighted by Gasteiger charge is -2.23. The Bertz CT molecular complexity index is 395. The zero-order valence-corrected chi connectivity index (χ0v) is 11.1. The molecule has 1 saturated heterocycles. The van der Waals surface area contributed by atoms with Gasteiger partial charge in [-0.25, -0.2) is 0 Å². The second kappa shape index (κ2) is 6.07. The highest BCUT2D eigenvalue weighted by Gasteiger charge is 2.24. The summed E-state index contributed by atoms with van der Waals surface area (Å²) in [5.74, 6) is 1.71. The molecule has 1 aromatic rings. The van der Waals surface area contributed by atoms with E-state index < -0.39 is 0 Å². The Kier molecular flexibility index (Phi) is 4.44. The smallest absolute Gasteiger partial charge is 0.123 e. The zero-order chi connectivity index (χ0) is 13.0. The third-order valence-electron chi connectivity index (χ3n) is 3.57. The number of aliphatic hydroxyl groups is 1. The minimum Gasteiger partial charge on any atom is -0.497 e. The molecule has 1 N–H and O–H groups in total. The molecular weight excluding hydrogens is 230 g/mol. The second-order valence-electron chi connectivity index (χ2n) is 4.63. The number of ether oxygens (including phenoxy) is 2. The van der Waals surface area contributed by atoms with Crippen molar-refractivity contribution in [3.8, 4) is 11.5 Å². The van der Waals surface area contributed by atoms with Crippen LogP contribution in [0.25, 0.3) is 0 Å². The normalized spacial score (nSPS) is 20.1. The number of nitrogens with zero attached hydrogens (tertiary/aromatic N) is 1. The summed E-state index contributed by atoms with van der Waals surface area (Å²) in [6.45, 7) is 2.06. The Morgan fingerprint density at radius 2 is 2.17 bits per heavy atom. The van der Waals surface area contributed by atoms with Crippen LogP contribution in [0.3, 0.4) is 0 Å². The SMILES string of the molecule is COc1ccc(OC)c(CN2CCC[C@@H]2CO)c1. The molecule has 4 nitrogen and oxygen atoms in total. The van der Waals surface area contributed by atoms with Gasteiger partial charge in [0.25, 0.3) is 0 Å². The molecule has 0 unspecified atom stereocenters. The van der Waals surface area contributed by atoms with Crippen LogP contribution in [0, 0.1) is 0 Å². The molecule has 0 bridgehead atoms. The predicted octanol–water partition coefficient (Wildman–Crippen LogP) is 1.66.